The molecule has 0 aliphatic heterocycles. The molecule has 0 aliphatic rings. The molecule has 0 fully saturated rings. The fraction of sp³-hybridized carbons (Fsp3) is 0.902. The summed E-state index contributed by atoms with van der Waals surface area (Å²) in [5.74, 6) is -0.162. The van der Waals surface area contributed by atoms with Gasteiger partial charge in [-0.2, -0.15) is 0 Å². The van der Waals surface area contributed by atoms with Gasteiger partial charge >= 0.3 is 7.82 Å². The predicted octanol–water partition coefficient (Wildman–Crippen LogP) is 15.3. The molecule has 356 valence electrons. The highest BCUT2D eigenvalue weighted by Gasteiger charge is 2.27. The summed E-state index contributed by atoms with van der Waals surface area (Å²) < 4.78 is 22.3. The predicted molar refractivity (Wildman–Crippen MR) is 258 cm³/mol. The van der Waals surface area contributed by atoms with Gasteiger partial charge in [0.1, 0.15) is 0 Å². The summed E-state index contributed by atoms with van der Waals surface area (Å²) in [6, 6.07) is -0.776. The molecule has 0 saturated carbocycles. The van der Waals surface area contributed by atoms with Gasteiger partial charge in [-0.3, -0.25) is 13.8 Å². The molecule has 0 bridgehead atoms. The second kappa shape index (κ2) is 47.5. The van der Waals surface area contributed by atoms with Gasteiger partial charge in [0.25, 0.3) is 0 Å². The van der Waals surface area contributed by atoms with Crippen LogP contribution in [0, 0.1) is 0 Å². The minimum Gasteiger partial charge on any atom is -0.391 e. The Kier molecular flexibility index (Phi) is 46.7. The molecular formula is C51H101N2O6P. The maximum Gasteiger partial charge on any atom is 0.472 e. The zero-order chi connectivity index (χ0) is 43.9. The third-order valence-corrected chi connectivity index (χ3v) is 12.8. The molecule has 0 aromatic rings. The summed E-state index contributed by atoms with van der Waals surface area (Å²) in [6.45, 7) is 4.23. The van der Waals surface area contributed by atoms with Crippen LogP contribution in [0.4, 0.5) is 0 Å². The van der Waals surface area contributed by atoms with Crippen LogP contribution in [0.1, 0.15) is 264 Å². The number of carbonyl (C=O) groups excluding carboxylic acids is 1. The summed E-state index contributed by atoms with van der Waals surface area (Å²) in [5, 5.41) is 13.9. The van der Waals surface area contributed by atoms with Crippen molar-refractivity contribution in [2.45, 2.75) is 276 Å². The Hall–Kier alpha value is -1.02. The zero-order valence-corrected chi connectivity index (χ0v) is 40.6. The number of unbranched alkanes of at least 4 members (excludes halogenated alkanes) is 33. The van der Waals surface area contributed by atoms with E-state index in [9.17, 15) is 19.4 Å². The van der Waals surface area contributed by atoms with E-state index in [1.165, 1.54) is 193 Å². The molecule has 0 saturated heterocycles. The van der Waals surface area contributed by atoms with Gasteiger partial charge in [-0.15, -0.1) is 0 Å². The number of nitrogens with two attached hydrogens (primary N) is 1. The molecule has 0 aromatic heterocycles. The Balaban J connectivity index is 4.04. The molecular weight excluding hydrogens is 768 g/mol. The van der Waals surface area contributed by atoms with E-state index in [-0.39, 0.29) is 25.7 Å². The molecule has 3 unspecified atom stereocenters. The average molecular weight is 869 g/mol. The summed E-state index contributed by atoms with van der Waals surface area (Å²) >= 11 is 0. The lowest BCUT2D eigenvalue weighted by atomic mass is 10.0. The van der Waals surface area contributed by atoms with Crippen LogP contribution in [0.15, 0.2) is 24.3 Å². The average Bonchev–Trinajstić information content (AvgIpc) is 3.24. The first-order chi connectivity index (χ1) is 29.4. The number of phosphoric ester groups is 1. The van der Waals surface area contributed by atoms with Gasteiger partial charge in [0, 0.05) is 13.0 Å². The molecule has 8 nitrogen and oxygen atoms in total. The largest absolute Gasteiger partial charge is 0.472 e. The number of hydrogen-bond acceptors (Lipinski definition) is 6. The van der Waals surface area contributed by atoms with Crippen LogP contribution < -0.4 is 11.1 Å². The fourth-order valence-corrected chi connectivity index (χ4v) is 8.63. The number of hydrogen-bond donors (Lipinski definition) is 4. The second-order valence-electron chi connectivity index (χ2n) is 17.7. The fourth-order valence-electron chi connectivity index (χ4n) is 7.88. The van der Waals surface area contributed by atoms with Gasteiger partial charge in [0.05, 0.1) is 25.4 Å². The number of allylic oxidation sites excluding steroid dienone is 4. The molecule has 3 atom stereocenters. The molecule has 0 heterocycles. The number of aliphatic hydroxyl groups is 1. The van der Waals surface area contributed by atoms with Crippen LogP contribution in [-0.2, 0) is 18.4 Å². The van der Waals surface area contributed by atoms with Crippen LogP contribution in [0.5, 0.6) is 0 Å². The Morgan fingerprint density at radius 1 is 0.550 bits per heavy atom. The number of phosphoric acid groups is 1. The first-order valence-electron chi connectivity index (χ1n) is 26.0. The van der Waals surface area contributed by atoms with Gasteiger partial charge in [0.15, 0.2) is 0 Å². The number of carbonyl (C=O) groups is 1. The van der Waals surface area contributed by atoms with E-state index in [0.717, 1.165) is 44.9 Å². The molecule has 60 heavy (non-hydrogen) atoms. The number of aliphatic hydroxyl groups excluding tert-OH is 1. The van der Waals surface area contributed by atoms with E-state index < -0.39 is 20.0 Å². The first kappa shape index (κ1) is 59.0. The summed E-state index contributed by atoms with van der Waals surface area (Å²) in [6.07, 6.45) is 56.2. The second-order valence-corrected chi connectivity index (χ2v) is 19.2. The van der Waals surface area contributed by atoms with Crippen molar-refractivity contribution in [1.82, 2.24) is 5.32 Å². The Morgan fingerprint density at radius 3 is 1.32 bits per heavy atom. The maximum absolute atomic E-state index is 12.8. The summed E-state index contributed by atoms with van der Waals surface area (Å²) in [4.78, 5) is 22.9. The molecule has 5 N–H and O–H groups in total. The van der Waals surface area contributed by atoms with Crippen LogP contribution in [-0.4, -0.2) is 47.8 Å². The summed E-state index contributed by atoms with van der Waals surface area (Å²) in [7, 11) is -4.32. The molecule has 1 amide bonds. The van der Waals surface area contributed by atoms with Crippen LogP contribution >= 0.6 is 7.82 Å². The highest BCUT2D eigenvalue weighted by atomic mass is 31.2. The van der Waals surface area contributed by atoms with E-state index in [4.69, 9.17) is 14.8 Å². The molecule has 0 spiro atoms. The smallest absolute Gasteiger partial charge is 0.391 e. The quantitative estimate of drug-likeness (QED) is 0.0272. The van der Waals surface area contributed by atoms with Crippen LogP contribution in [0.25, 0.3) is 0 Å². The molecule has 0 radical (unpaired) electrons. The van der Waals surface area contributed by atoms with Gasteiger partial charge in [-0.25, -0.2) is 4.57 Å². The lowest BCUT2D eigenvalue weighted by Crippen LogP contribution is -2.46. The molecule has 0 aromatic carbocycles. The van der Waals surface area contributed by atoms with Gasteiger partial charge in [0.2, 0.25) is 5.91 Å². The van der Waals surface area contributed by atoms with Crippen LogP contribution in [0.3, 0.4) is 0 Å². The van der Waals surface area contributed by atoms with E-state index in [1.807, 2.05) is 0 Å². The Bertz CT molecular complexity index is 995. The Morgan fingerprint density at radius 2 is 0.917 bits per heavy atom. The van der Waals surface area contributed by atoms with Crippen molar-refractivity contribution in [3.8, 4) is 0 Å². The minimum absolute atomic E-state index is 0.0891. The monoisotopic (exact) mass is 869 g/mol. The van der Waals surface area contributed by atoms with Crippen molar-refractivity contribution in [2.24, 2.45) is 5.73 Å². The first-order valence-corrected chi connectivity index (χ1v) is 27.4. The topological polar surface area (TPSA) is 131 Å². The van der Waals surface area contributed by atoms with Crippen molar-refractivity contribution < 1.29 is 28.4 Å². The Labute approximate surface area is 372 Å². The lowest BCUT2D eigenvalue weighted by molar-refractivity contribution is -0.123. The van der Waals surface area contributed by atoms with Gasteiger partial charge in [-0.05, 0) is 44.9 Å². The number of nitrogens with one attached hydrogen (secondary N) is 1. The highest BCUT2D eigenvalue weighted by molar-refractivity contribution is 7.47. The third kappa shape index (κ3) is 45.0. The van der Waals surface area contributed by atoms with E-state index in [1.54, 1.807) is 0 Å². The van der Waals surface area contributed by atoms with Crippen molar-refractivity contribution >= 4 is 13.7 Å². The van der Waals surface area contributed by atoms with E-state index in [0.29, 0.717) is 12.8 Å². The molecule has 0 aliphatic carbocycles. The highest BCUT2D eigenvalue weighted by Crippen LogP contribution is 2.43. The van der Waals surface area contributed by atoms with Crippen LogP contribution in [0.2, 0.25) is 0 Å². The number of rotatable bonds is 49. The third-order valence-electron chi connectivity index (χ3n) is 11.8. The lowest BCUT2D eigenvalue weighted by Gasteiger charge is -2.25. The van der Waals surface area contributed by atoms with Gasteiger partial charge < -0.3 is 21.1 Å². The van der Waals surface area contributed by atoms with Crippen molar-refractivity contribution in [3.63, 3.8) is 0 Å². The maximum atomic E-state index is 12.8. The SMILES string of the molecule is CCCCCCC/C=C\C/C=C\CCCCCCCCCCCC(=O)NC(COP(=O)(O)OCCN)C(O)CCCCCCCCCCCCCCCCCCCCCC. The normalized spacial score (nSPS) is 14.0. The molecule has 9 heteroatoms. The summed E-state index contributed by atoms with van der Waals surface area (Å²) in [5.41, 5.74) is 5.40. The number of amides is 1. The zero-order valence-electron chi connectivity index (χ0n) is 39.7. The van der Waals surface area contributed by atoms with E-state index in [2.05, 4.69) is 43.5 Å². The van der Waals surface area contributed by atoms with Crippen molar-refractivity contribution in [2.75, 3.05) is 19.8 Å². The van der Waals surface area contributed by atoms with Crippen molar-refractivity contribution in [3.05, 3.63) is 24.3 Å². The standard InChI is InChI=1S/C51H101N2O6P/c1-3-5-7-9-11-13-15-17-19-21-23-25-27-29-31-33-35-37-39-41-43-45-51(55)53-49(48-59-60(56,57)58-47-46-52)50(54)44-42-40-38-36-34-32-30-28-26-24-22-20-18-16-14-12-10-8-6-4-2/h15,17,21,23,49-50,54H,3-14,16,18-20,22,24-48,52H2,1-2H3,(H,53,55)(H,56,57)/b17-15-,23-21-. The minimum atomic E-state index is -4.32. The van der Waals surface area contributed by atoms with Crippen molar-refractivity contribution in [1.29, 1.82) is 0 Å². The van der Waals surface area contributed by atoms with Gasteiger partial charge in [-0.1, -0.05) is 237 Å². The van der Waals surface area contributed by atoms with E-state index >= 15 is 0 Å². The molecule has 0 rings (SSSR count).